The number of ether oxygens (including phenoxy) is 1. The molecule has 0 aromatic heterocycles. The summed E-state index contributed by atoms with van der Waals surface area (Å²) >= 11 is 0. The van der Waals surface area contributed by atoms with Crippen LogP contribution in [0, 0.1) is 13.8 Å². The lowest BCUT2D eigenvalue weighted by atomic mass is 10.0. The molecule has 1 aromatic carbocycles. The first kappa shape index (κ1) is 19.8. The van der Waals surface area contributed by atoms with Gasteiger partial charge in [0, 0.05) is 12.6 Å². The van der Waals surface area contributed by atoms with Crippen LogP contribution in [0.2, 0.25) is 0 Å². The first-order valence-electron chi connectivity index (χ1n) is 8.32. The molecule has 1 aliphatic rings. The molecule has 0 bridgehead atoms. The fourth-order valence-corrected chi connectivity index (χ4v) is 2.90. The van der Waals surface area contributed by atoms with Gasteiger partial charge in [-0.1, -0.05) is 13.0 Å². The van der Waals surface area contributed by atoms with E-state index in [1.807, 2.05) is 23.1 Å². The minimum Gasteiger partial charge on any atom is -0.484 e. The molecule has 0 saturated carbocycles. The first-order valence-corrected chi connectivity index (χ1v) is 8.32. The second kappa shape index (κ2) is 9.78. The summed E-state index contributed by atoms with van der Waals surface area (Å²) in [5, 5.41) is 3.35. The summed E-state index contributed by atoms with van der Waals surface area (Å²) in [6.07, 6.45) is 3.06. The van der Waals surface area contributed by atoms with Gasteiger partial charge in [-0.25, -0.2) is 0 Å². The molecule has 0 unspecified atom stereocenters. The molecule has 1 saturated heterocycles. The molecule has 23 heavy (non-hydrogen) atoms. The van der Waals surface area contributed by atoms with Crippen LogP contribution in [-0.4, -0.2) is 43.1 Å². The maximum Gasteiger partial charge on any atom is 0.260 e. The number of carbonyl (C=O) groups excluding carboxylic acids is 1. The highest BCUT2D eigenvalue weighted by Crippen LogP contribution is 2.17. The largest absolute Gasteiger partial charge is 0.484 e. The number of nitrogens with zero attached hydrogens (tertiary/aromatic N) is 1. The minimum absolute atomic E-state index is 0. The van der Waals surface area contributed by atoms with Gasteiger partial charge < -0.3 is 15.0 Å². The summed E-state index contributed by atoms with van der Waals surface area (Å²) < 4.78 is 5.71. The van der Waals surface area contributed by atoms with Gasteiger partial charge in [0.2, 0.25) is 0 Å². The Labute approximate surface area is 146 Å². The number of amides is 1. The molecule has 1 fully saturated rings. The Morgan fingerprint density at radius 2 is 1.96 bits per heavy atom. The molecular formula is C18H29ClN2O2. The van der Waals surface area contributed by atoms with Crippen molar-refractivity contribution in [3.8, 4) is 5.75 Å². The van der Waals surface area contributed by atoms with Gasteiger partial charge in [0.1, 0.15) is 5.75 Å². The van der Waals surface area contributed by atoms with E-state index in [4.69, 9.17) is 4.74 Å². The quantitative estimate of drug-likeness (QED) is 0.865. The summed E-state index contributed by atoms with van der Waals surface area (Å²) in [4.78, 5) is 14.6. The number of aryl methyl sites for hydroxylation is 2. The molecule has 0 aliphatic carbocycles. The van der Waals surface area contributed by atoms with Crippen molar-refractivity contribution in [1.82, 2.24) is 10.2 Å². The van der Waals surface area contributed by atoms with Crippen LogP contribution in [0.25, 0.3) is 0 Å². The molecule has 1 amide bonds. The highest BCUT2D eigenvalue weighted by Gasteiger charge is 2.24. The lowest BCUT2D eigenvalue weighted by Gasteiger charge is -2.34. The van der Waals surface area contributed by atoms with Gasteiger partial charge in [-0.2, -0.15) is 0 Å². The zero-order valence-electron chi connectivity index (χ0n) is 14.4. The summed E-state index contributed by atoms with van der Waals surface area (Å²) in [6, 6.07) is 6.32. The van der Waals surface area contributed by atoms with E-state index in [9.17, 15) is 4.79 Å². The molecule has 1 aromatic rings. The summed E-state index contributed by atoms with van der Waals surface area (Å²) in [6.45, 7) is 9.19. The second-order valence-electron chi connectivity index (χ2n) is 6.10. The Morgan fingerprint density at radius 1 is 1.26 bits per heavy atom. The van der Waals surface area contributed by atoms with E-state index in [0.29, 0.717) is 6.04 Å². The maximum atomic E-state index is 12.5. The van der Waals surface area contributed by atoms with Gasteiger partial charge in [-0.3, -0.25) is 4.79 Å². The van der Waals surface area contributed by atoms with E-state index < -0.39 is 0 Å². The number of piperidine rings is 1. The van der Waals surface area contributed by atoms with Gasteiger partial charge in [0.15, 0.2) is 6.61 Å². The SMILES string of the molecule is CCCN(C(=O)COc1ccc(C)c(C)c1)C1CCNCC1.Cl. The fourth-order valence-electron chi connectivity index (χ4n) is 2.90. The smallest absolute Gasteiger partial charge is 0.260 e. The average molecular weight is 341 g/mol. The zero-order valence-corrected chi connectivity index (χ0v) is 15.2. The van der Waals surface area contributed by atoms with Crippen molar-refractivity contribution in [3.63, 3.8) is 0 Å². The number of hydrogen-bond donors (Lipinski definition) is 1. The lowest BCUT2D eigenvalue weighted by Crippen LogP contribution is -2.48. The molecule has 130 valence electrons. The molecule has 4 nitrogen and oxygen atoms in total. The van der Waals surface area contributed by atoms with Gasteiger partial charge in [-0.05, 0) is 69.5 Å². The van der Waals surface area contributed by atoms with Crippen LogP contribution < -0.4 is 10.1 Å². The van der Waals surface area contributed by atoms with Gasteiger partial charge in [0.25, 0.3) is 5.91 Å². The normalized spacial score (nSPS) is 14.9. The molecule has 1 N–H and O–H groups in total. The first-order chi connectivity index (χ1) is 10.6. The van der Waals surface area contributed by atoms with E-state index in [0.717, 1.165) is 44.6 Å². The highest BCUT2D eigenvalue weighted by molar-refractivity contribution is 5.85. The van der Waals surface area contributed by atoms with Crippen molar-refractivity contribution in [2.45, 2.75) is 46.1 Å². The second-order valence-corrected chi connectivity index (χ2v) is 6.10. The molecule has 0 atom stereocenters. The number of benzene rings is 1. The van der Waals surface area contributed by atoms with E-state index in [2.05, 4.69) is 26.1 Å². The van der Waals surface area contributed by atoms with Crippen LogP contribution in [-0.2, 0) is 4.79 Å². The van der Waals surface area contributed by atoms with Crippen molar-refractivity contribution in [2.24, 2.45) is 0 Å². The van der Waals surface area contributed by atoms with E-state index in [1.54, 1.807) is 0 Å². The third-order valence-corrected chi connectivity index (χ3v) is 4.37. The number of nitrogens with one attached hydrogen (secondary N) is 1. The summed E-state index contributed by atoms with van der Waals surface area (Å²) in [7, 11) is 0. The third kappa shape index (κ3) is 5.70. The number of carbonyl (C=O) groups is 1. The summed E-state index contributed by atoms with van der Waals surface area (Å²) in [5.74, 6) is 0.880. The Balaban J connectivity index is 0.00000264. The Kier molecular flexibility index (Phi) is 8.42. The van der Waals surface area contributed by atoms with Crippen LogP contribution in [0.5, 0.6) is 5.75 Å². The standard InChI is InChI=1S/C18H28N2O2.ClH/c1-4-11-20(16-7-9-19-10-8-16)18(21)13-22-17-6-5-14(2)15(3)12-17;/h5-6,12,16,19H,4,7-11,13H2,1-3H3;1H. The predicted octanol–water partition coefficient (Wildman–Crippen LogP) is 3.09. The van der Waals surface area contributed by atoms with Crippen LogP contribution in [0.4, 0.5) is 0 Å². The van der Waals surface area contributed by atoms with Crippen LogP contribution in [0.1, 0.15) is 37.3 Å². The van der Waals surface area contributed by atoms with Crippen LogP contribution in [0.15, 0.2) is 18.2 Å². The van der Waals surface area contributed by atoms with E-state index >= 15 is 0 Å². The van der Waals surface area contributed by atoms with Gasteiger partial charge in [-0.15, -0.1) is 12.4 Å². The summed E-state index contributed by atoms with van der Waals surface area (Å²) in [5.41, 5.74) is 2.43. The third-order valence-electron chi connectivity index (χ3n) is 4.37. The Morgan fingerprint density at radius 3 is 2.57 bits per heavy atom. The van der Waals surface area contributed by atoms with E-state index in [-0.39, 0.29) is 24.9 Å². The number of halogens is 1. The Bertz CT molecular complexity index is 502. The molecule has 1 heterocycles. The van der Waals surface area contributed by atoms with Gasteiger partial charge >= 0.3 is 0 Å². The van der Waals surface area contributed by atoms with Crippen molar-refractivity contribution in [1.29, 1.82) is 0 Å². The van der Waals surface area contributed by atoms with Crippen molar-refractivity contribution < 1.29 is 9.53 Å². The van der Waals surface area contributed by atoms with E-state index in [1.165, 1.54) is 11.1 Å². The highest BCUT2D eigenvalue weighted by atomic mass is 35.5. The number of rotatable bonds is 6. The van der Waals surface area contributed by atoms with Crippen LogP contribution in [0.3, 0.4) is 0 Å². The fraction of sp³-hybridized carbons (Fsp3) is 0.611. The molecule has 0 spiro atoms. The molecular weight excluding hydrogens is 312 g/mol. The predicted molar refractivity (Wildman–Crippen MR) is 96.6 cm³/mol. The van der Waals surface area contributed by atoms with Gasteiger partial charge in [0.05, 0.1) is 0 Å². The Hall–Kier alpha value is -1.26. The molecule has 0 radical (unpaired) electrons. The molecule has 2 rings (SSSR count). The van der Waals surface area contributed by atoms with Crippen molar-refractivity contribution in [2.75, 3.05) is 26.2 Å². The monoisotopic (exact) mass is 340 g/mol. The van der Waals surface area contributed by atoms with Crippen molar-refractivity contribution in [3.05, 3.63) is 29.3 Å². The zero-order chi connectivity index (χ0) is 15.9. The average Bonchev–Trinajstić information content (AvgIpc) is 2.54. The number of hydrogen-bond acceptors (Lipinski definition) is 3. The molecule has 1 aliphatic heterocycles. The maximum absolute atomic E-state index is 12.5. The topological polar surface area (TPSA) is 41.6 Å². The molecule has 5 heteroatoms. The minimum atomic E-state index is 0. The lowest BCUT2D eigenvalue weighted by molar-refractivity contribution is -0.136. The van der Waals surface area contributed by atoms with Crippen LogP contribution >= 0.6 is 12.4 Å². The van der Waals surface area contributed by atoms with Crippen molar-refractivity contribution >= 4 is 18.3 Å².